The van der Waals surface area contributed by atoms with Gasteiger partial charge in [-0.05, 0) is 31.0 Å². The van der Waals surface area contributed by atoms with Crippen molar-refractivity contribution in [3.8, 4) is 0 Å². The van der Waals surface area contributed by atoms with Crippen molar-refractivity contribution in [2.45, 2.75) is 32.2 Å². The SMILES string of the molecule is CCOC(=O)N1CCC(=O)CC1Cc1ccc(Cl)c(Cl)c1. The molecule has 1 heterocycles. The van der Waals surface area contributed by atoms with E-state index in [4.69, 9.17) is 27.9 Å². The zero-order valence-electron chi connectivity index (χ0n) is 11.8. The predicted octanol–water partition coefficient (Wildman–Crippen LogP) is 3.73. The van der Waals surface area contributed by atoms with Gasteiger partial charge >= 0.3 is 6.09 Å². The zero-order chi connectivity index (χ0) is 15.4. The number of ketones is 1. The fourth-order valence-corrected chi connectivity index (χ4v) is 2.79. The van der Waals surface area contributed by atoms with Gasteiger partial charge in [-0.3, -0.25) is 4.79 Å². The van der Waals surface area contributed by atoms with Crippen LogP contribution in [0, 0.1) is 0 Å². The summed E-state index contributed by atoms with van der Waals surface area (Å²) < 4.78 is 5.06. The average molecular weight is 330 g/mol. The van der Waals surface area contributed by atoms with Gasteiger partial charge in [0.2, 0.25) is 0 Å². The molecule has 6 heteroatoms. The van der Waals surface area contributed by atoms with Crippen LogP contribution >= 0.6 is 23.2 Å². The highest BCUT2D eigenvalue weighted by molar-refractivity contribution is 6.42. The van der Waals surface area contributed by atoms with E-state index in [0.29, 0.717) is 42.5 Å². The Kier molecular flexibility index (Phi) is 5.48. The molecule has 1 atom stereocenters. The van der Waals surface area contributed by atoms with Gasteiger partial charge in [0.05, 0.1) is 16.7 Å². The normalized spacial score (nSPS) is 18.7. The molecule has 114 valence electrons. The van der Waals surface area contributed by atoms with Gasteiger partial charge in [0.1, 0.15) is 5.78 Å². The highest BCUT2D eigenvalue weighted by Gasteiger charge is 2.31. The summed E-state index contributed by atoms with van der Waals surface area (Å²) in [5.74, 6) is 0.167. The lowest BCUT2D eigenvalue weighted by atomic mass is 9.95. The van der Waals surface area contributed by atoms with E-state index in [9.17, 15) is 9.59 Å². The largest absolute Gasteiger partial charge is 0.450 e. The van der Waals surface area contributed by atoms with Gasteiger partial charge in [0.15, 0.2) is 0 Å². The van der Waals surface area contributed by atoms with Crippen LogP contribution in [0.4, 0.5) is 4.79 Å². The molecule has 4 nitrogen and oxygen atoms in total. The number of carbonyl (C=O) groups excluding carboxylic acids is 2. The van der Waals surface area contributed by atoms with Gasteiger partial charge in [-0.1, -0.05) is 29.3 Å². The maximum Gasteiger partial charge on any atom is 0.410 e. The van der Waals surface area contributed by atoms with E-state index in [-0.39, 0.29) is 17.9 Å². The summed E-state index contributed by atoms with van der Waals surface area (Å²) in [5, 5.41) is 0.960. The van der Waals surface area contributed by atoms with Gasteiger partial charge in [-0.2, -0.15) is 0 Å². The van der Waals surface area contributed by atoms with E-state index in [1.807, 2.05) is 6.07 Å². The van der Waals surface area contributed by atoms with Crippen molar-refractivity contribution in [2.75, 3.05) is 13.2 Å². The van der Waals surface area contributed by atoms with Gasteiger partial charge in [-0.15, -0.1) is 0 Å². The molecule has 21 heavy (non-hydrogen) atoms. The van der Waals surface area contributed by atoms with E-state index in [0.717, 1.165) is 5.56 Å². The molecular formula is C15H17Cl2NO3. The monoisotopic (exact) mass is 329 g/mol. The van der Waals surface area contributed by atoms with Crippen LogP contribution in [0.1, 0.15) is 25.3 Å². The maximum absolute atomic E-state index is 12.0. The van der Waals surface area contributed by atoms with Gasteiger partial charge < -0.3 is 9.64 Å². The second-order valence-corrected chi connectivity index (χ2v) is 5.81. The number of hydrogen-bond donors (Lipinski definition) is 0. The minimum Gasteiger partial charge on any atom is -0.450 e. The number of Topliss-reactive ketones (excluding diaryl/α,β-unsaturated/α-hetero) is 1. The van der Waals surface area contributed by atoms with Crippen LogP contribution < -0.4 is 0 Å². The molecule has 0 radical (unpaired) electrons. The van der Waals surface area contributed by atoms with Crippen molar-refractivity contribution < 1.29 is 14.3 Å². The molecular weight excluding hydrogens is 313 g/mol. The van der Waals surface area contributed by atoms with Crippen molar-refractivity contribution in [3.05, 3.63) is 33.8 Å². The number of benzene rings is 1. The molecule has 0 saturated carbocycles. The first-order chi connectivity index (χ1) is 10.0. The Morgan fingerprint density at radius 3 is 2.81 bits per heavy atom. The summed E-state index contributed by atoms with van der Waals surface area (Å²) in [6.45, 7) is 2.49. The first-order valence-corrected chi connectivity index (χ1v) is 7.66. The van der Waals surface area contributed by atoms with Crippen molar-refractivity contribution in [3.63, 3.8) is 0 Å². The van der Waals surface area contributed by atoms with E-state index < -0.39 is 0 Å². The van der Waals surface area contributed by atoms with Gasteiger partial charge in [-0.25, -0.2) is 4.79 Å². The molecule has 1 saturated heterocycles. The zero-order valence-corrected chi connectivity index (χ0v) is 13.3. The molecule has 1 aliphatic heterocycles. The summed E-state index contributed by atoms with van der Waals surface area (Å²) >= 11 is 11.9. The lowest BCUT2D eigenvalue weighted by Crippen LogP contribution is -2.47. The van der Waals surface area contributed by atoms with Crippen molar-refractivity contribution in [2.24, 2.45) is 0 Å². The fraction of sp³-hybridized carbons (Fsp3) is 0.467. The third-order valence-electron chi connectivity index (χ3n) is 3.49. The third-order valence-corrected chi connectivity index (χ3v) is 4.23. The molecule has 1 aliphatic rings. The highest BCUT2D eigenvalue weighted by Crippen LogP contribution is 2.25. The molecule has 1 unspecified atom stereocenters. The first kappa shape index (κ1) is 16.1. The lowest BCUT2D eigenvalue weighted by molar-refractivity contribution is -0.122. The molecule has 2 rings (SSSR count). The molecule has 1 amide bonds. The number of likely N-dealkylation sites (tertiary alicyclic amines) is 1. The Morgan fingerprint density at radius 2 is 2.14 bits per heavy atom. The van der Waals surface area contributed by atoms with Gasteiger partial charge in [0, 0.05) is 25.4 Å². The van der Waals surface area contributed by atoms with E-state index in [1.165, 1.54) is 0 Å². The summed E-state index contributed by atoms with van der Waals surface area (Å²) in [4.78, 5) is 25.3. The van der Waals surface area contributed by atoms with Crippen LogP contribution in [0.15, 0.2) is 18.2 Å². The summed E-state index contributed by atoms with van der Waals surface area (Å²) in [7, 11) is 0. The predicted molar refractivity (Wildman–Crippen MR) is 81.9 cm³/mol. The summed E-state index contributed by atoms with van der Waals surface area (Å²) in [6.07, 6.45) is 0.923. The minimum absolute atomic E-state index is 0.167. The van der Waals surface area contributed by atoms with E-state index >= 15 is 0 Å². The number of halogens is 2. The molecule has 1 fully saturated rings. The van der Waals surface area contributed by atoms with Crippen LogP contribution in [0.2, 0.25) is 10.0 Å². The molecule has 0 aliphatic carbocycles. The highest BCUT2D eigenvalue weighted by atomic mass is 35.5. The van der Waals surface area contributed by atoms with Crippen LogP contribution in [0.5, 0.6) is 0 Å². The first-order valence-electron chi connectivity index (χ1n) is 6.90. The van der Waals surface area contributed by atoms with Crippen LogP contribution in [-0.4, -0.2) is 36.0 Å². The summed E-state index contributed by atoms with van der Waals surface area (Å²) in [5.41, 5.74) is 0.943. The molecule has 0 aromatic heterocycles. The number of hydrogen-bond acceptors (Lipinski definition) is 3. The topological polar surface area (TPSA) is 46.6 Å². The third kappa shape index (κ3) is 4.11. The number of rotatable bonds is 3. The number of ether oxygens (including phenoxy) is 1. The number of piperidine rings is 1. The Hall–Kier alpha value is -1.26. The average Bonchev–Trinajstić information content (AvgIpc) is 2.43. The van der Waals surface area contributed by atoms with Crippen LogP contribution in [-0.2, 0) is 16.0 Å². The number of amides is 1. The fourth-order valence-electron chi connectivity index (χ4n) is 2.47. The van der Waals surface area contributed by atoms with Crippen molar-refractivity contribution in [1.82, 2.24) is 4.90 Å². The Balaban J connectivity index is 2.14. The molecule has 1 aromatic rings. The van der Waals surface area contributed by atoms with E-state index in [1.54, 1.807) is 24.0 Å². The quantitative estimate of drug-likeness (QED) is 0.848. The van der Waals surface area contributed by atoms with E-state index in [2.05, 4.69) is 0 Å². The molecule has 0 N–H and O–H groups in total. The second-order valence-electron chi connectivity index (χ2n) is 4.99. The molecule has 0 bridgehead atoms. The lowest BCUT2D eigenvalue weighted by Gasteiger charge is -2.34. The van der Waals surface area contributed by atoms with Crippen LogP contribution in [0.25, 0.3) is 0 Å². The Morgan fingerprint density at radius 1 is 1.38 bits per heavy atom. The summed E-state index contributed by atoms with van der Waals surface area (Å²) in [6, 6.07) is 5.16. The molecule has 1 aromatic carbocycles. The second kappa shape index (κ2) is 7.14. The molecule has 0 spiro atoms. The van der Waals surface area contributed by atoms with Gasteiger partial charge in [0.25, 0.3) is 0 Å². The smallest absolute Gasteiger partial charge is 0.410 e. The van der Waals surface area contributed by atoms with Crippen molar-refractivity contribution >= 4 is 35.1 Å². The number of carbonyl (C=O) groups is 2. The maximum atomic E-state index is 12.0. The van der Waals surface area contributed by atoms with Crippen molar-refractivity contribution in [1.29, 1.82) is 0 Å². The Labute approximate surface area is 134 Å². The Bertz CT molecular complexity index is 548. The minimum atomic E-state index is -0.366. The van der Waals surface area contributed by atoms with Crippen LogP contribution in [0.3, 0.4) is 0 Å². The number of nitrogens with zero attached hydrogens (tertiary/aromatic N) is 1. The standard InChI is InChI=1S/C15H17Cl2NO3/c1-2-21-15(20)18-6-5-12(19)9-11(18)7-10-3-4-13(16)14(17)8-10/h3-4,8,11H,2,5-7,9H2,1H3.